The van der Waals surface area contributed by atoms with Crippen molar-refractivity contribution in [2.75, 3.05) is 6.61 Å². The number of carbonyl (C=O) groups is 4. The molecule has 3 N–H and O–H groups in total. The van der Waals surface area contributed by atoms with Crippen LogP contribution in [-0.2, 0) is 33.4 Å². The molecule has 206 valence electrons. The van der Waals surface area contributed by atoms with Crippen LogP contribution in [0, 0.1) is 52.3 Å². The Morgan fingerprint density at radius 1 is 1.13 bits per heavy atom. The van der Waals surface area contributed by atoms with Crippen LogP contribution in [0.3, 0.4) is 0 Å². The summed E-state index contributed by atoms with van der Waals surface area (Å²) in [5, 5.41) is 34.8. The van der Waals surface area contributed by atoms with Gasteiger partial charge in [0, 0.05) is 37.0 Å². The van der Waals surface area contributed by atoms with E-state index in [1.165, 1.54) is 20.8 Å². The van der Waals surface area contributed by atoms with Crippen molar-refractivity contribution in [3.63, 3.8) is 0 Å². The summed E-state index contributed by atoms with van der Waals surface area (Å²) in [6, 6.07) is 0. The zero-order chi connectivity index (χ0) is 28.4. The molecular formula is C28H34O10. The number of aliphatic hydroxyl groups excluding tert-OH is 2. The van der Waals surface area contributed by atoms with Gasteiger partial charge in [-0.1, -0.05) is 26.7 Å². The Hall–Kier alpha value is -2.76. The Balaban J connectivity index is 2.04. The summed E-state index contributed by atoms with van der Waals surface area (Å²) < 4.78 is 17.3. The molecule has 2 bridgehead atoms. The fourth-order valence-electron chi connectivity index (χ4n) is 7.48. The molecule has 1 saturated heterocycles. The normalized spacial score (nSPS) is 44.7. The average Bonchev–Trinajstić information content (AvgIpc) is 2.82. The number of aliphatic hydroxyl groups is 3. The number of fused-ring (bicyclic) bond motifs is 5. The van der Waals surface area contributed by atoms with Gasteiger partial charge < -0.3 is 29.5 Å². The topological polar surface area (TPSA) is 157 Å². The molecule has 10 atom stereocenters. The van der Waals surface area contributed by atoms with Crippen molar-refractivity contribution in [1.29, 1.82) is 0 Å². The first-order valence-electron chi connectivity index (χ1n) is 12.7. The largest absolute Gasteiger partial charge is 0.454 e. The molecule has 0 aromatic rings. The molecule has 38 heavy (non-hydrogen) atoms. The van der Waals surface area contributed by atoms with Crippen LogP contribution in [0.15, 0.2) is 0 Å². The van der Waals surface area contributed by atoms with Crippen molar-refractivity contribution in [3.8, 4) is 23.7 Å². The number of rotatable bonds is 2. The summed E-state index contributed by atoms with van der Waals surface area (Å²) in [7, 11) is 0. The van der Waals surface area contributed by atoms with Gasteiger partial charge in [0.2, 0.25) is 11.6 Å². The smallest absolute Gasteiger partial charge is 0.385 e. The number of carbonyl (C=O) groups excluding carboxylic acids is 4. The van der Waals surface area contributed by atoms with Gasteiger partial charge >= 0.3 is 11.9 Å². The van der Waals surface area contributed by atoms with Gasteiger partial charge in [-0.3, -0.25) is 14.4 Å². The van der Waals surface area contributed by atoms with E-state index in [-0.39, 0.29) is 19.4 Å². The molecule has 0 spiro atoms. The summed E-state index contributed by atoms with van der Waals surface area (Å²) in [5.41, 5.74) is -7.05. The molecule has 3 aliphatic carbocycles. The Labute approximate surface area is 221 Å². The molecule has 10 heteroatoms. The molecule has 2 unspecified atom stereocenters. The maximum atomic E-state index is 14.1. The van der Waals surface area contributed by atoms with Crippen molar-refractivity contribution >= 4 is 23.5 Å². The van der Waals surface area contributed by atoms with Crippen LogP contribution in [0.2, 0.25) is 0 Å². The van der Waals surface area contributed by atoms with E-state index in [4.69, 9.17) is 14.2 Å². The van der Waals surface area contributed by atoms with Crippen LogP contribution < -0.4 is 0 Å². The molecule has 4 fully saturated rings. The highest BCUT2D eigenvalue weighted by Gasteiger charge is 2.78. The lowest BCUT2D eigenvalue weighted by atomic mass is 9.42. The van der Waals surface area contributed by atoms with Crippen molar-refractivity contribution in [1.82, 2.24) is 0 Å². The van der Waals surface area contributed by atoms with Crippen molar-refractivity contribution in [3.05, 3.63) is 0 Å². The van der Waals surface area contributed by atoms with Gasteiger partial charge in [-0.2, -0.15) is 0 Å². The van der Waals surface area contributed by atoms with Gasteiger partial charge in [-0.15, -0.1) is 0 Å². The van der Waals surface area contributed by atoms with Crippen LogP contribution >= 0.6 is 0 Å². The quantitative estimate of drug-likeness (QED) is 0.191. The first-order chi connectivity index (χ1) is 17.6. The van der Waals surface area contributed by atoms with E-state index in [2.05, 4.69) is 23.7 Å². The number of hydrogen-bond acceptors (Lipinski definition) is 10. The van der Waals surface area contributed by atoms with Gasteiger partial charge in [0.15, 0.2) is 5.60 Å². The minimum absolute atomic E-state index is 0.128. The Morgan fingerprint density at radius 2 is 1.79 bits per heavy atom. The molecule has 1 aliphatic heterocycles. The van der Waals surface area contributed by atoms with Gasteiger partial charge in [-0.25, -0.2) is 4.79 Å². The predicted octanol–water partition coefficient (Wildman–Crippen LogP) is -0.0613. The van der Waals surface area contributed by atoms with Crippen molar-refractivity contribution in [2.45, 2.75) is 90.0 Å². The summed E-state index contributed by atoms with van der Waals surface area (Å²) in [4.78, 5) is 53.3. The number of ketones is 2. The lowest BCUT2D eigenvalue weighted by molar-refractivity contribution is -0.351. The Morgan fingerprint density at radius 3 is 2.34 bits per heavy atom. The molecule has 0 aromatic carbocycles. The van der Waals surface area contributed by atoms with Gasteiger partial charge in [-0.05, 0) is 31.6 Å². The van der Waals surface area contributed by atoms with Crippen LogP contribution in [-0.4, -0.2) is 81.0 Å². The van der Waals surface area contributed by atoms with E-state index >= 15 is 0 Å². The lowest BCUT2D eigenvalue weighted by Crippen LogP contribution is -2.82. The maximum Gasteiger partial charge on any atom is 0.385 e. The van der Waals surface area contributed by atoms with E-state index < -0.39 is 87.7 Å². The van der Waals surface area contributed by atoms with Crippen LogP contribution in [0.5, 0.6) is 0 Å². The first kappa shape index (κ1) is 28.3. The second kappa shape index (κ2) is 9.17. The SMILES string of the molecule is CC#CC#CC(=O)O[C@H]1[C@@H]2[C@]3(OC(C)=O)CO[C@@H]3C[C@H](O)[C@@]2(C)C(=O)C(=O)C2C(C)[C@@H](O)C[C@]1(O)C2(C)C. The molecule has 0 radical (unpaired) electrons. The van der Waals surface area contributed by atoms with Crippen molar-refractivity contribution in [2.24, 2.45) is 28.6 Å². The molecule has 4 rings (SSSR count). The summed E-state index contributed by atoms with van der Waals surface area (Å²) in [5.74, 6) is 2.62. The molecule has 4 aliphatic rings. The zero-order valence-electron chi connectivity index (χ0n) is 22.4. The third kappa shape index (κ3) is 3.65. The molecule has 0 aromatic heterocycles. The van der Waals surface area contributed by atoms with Crippen molar-refractivity contribution < 1.29 is 48.7 Å². The lowest BCUT2D eigenvalue weighted by Gasteiger charge is -2.67. The number of esters is 2. The highest BCUT2D eigenvalue weighted by Crippen LogP contribution is 2.64. The van der Waals surface area contributed by atoms with E-state index in [0.29, 0.717) is 0 Å². The third-order valence-corrected chi connectivity index (χ3v) is 9.59. The minimum Gasteiger partial charge on any atom is -0.454 e. The van der Waals surface area contributed by atoms with Gasteiger partial charge in [0.1, 0.15) is 17.8 Å². The van der Waals surface area contributed by atoms with E-state index in [9.17, 15) is 34.5 Å². The second-order valence-corrected chi connectivity index (χ2v) is 11.8. The second-order valence-electron chi connectivity index (χ2n) is 11.8. The molecular weight excluding hydrogens is 496 g/mol. The van der Waals surface area contributed by atoms with E-state index in [1.54, 1.807) is 20.8 Å². The number of ether oxygens (including phenoxy) is 3. The highest BCUT2D eigenvalue weighted by molar-refractivity contribution is 6.40. The van der Waals surface area contributed by atoms with Crippen LogP contribution in [0.4, 0.5) is 0 Å². The molecule has 1 heterocycles. The summed E-state index contributed by atoms with van der Waals surface area (Å²) in [6.07, 6.45) is -5.66. The van der Waals surface area contributed by atoms with Crippen LogP contribution in [0.25, 0.3) is 0 Å². The molecule has 10 nitrogen and oxygen atoms in total. The van der Waals surface area contributed by atoms with Crippen LogP contribution in [0.1, 0.15) is 54.4 Å². The minimum atomic E-state index is -2.11. The highest BCUT2D eigenvalue weighted by atomic mass is 16.6. The molecule has 3 saturated carbocycles. The number of Topliss-reactive ketones (excluding diaryl/α,β-unsaturated/α-hetero) is 2. The van der Waals surface area contributed by atoms with E-state index in [0.717, 1.165) is 0 Å². The standard InChI is InChI=1S/C28H34O10/c1-7-8-9-10-19(32)37-24-22-26(6,17(31)11-18-27(22,13-36-18)38-15(3)29)23(34)21(33)20-14(2)16(30)12-28(24,35)25(20,4)5/h14,16-18,20,22,24,30-31,35H,11-13H2,1-6H3/t14?,16-,17-,18+,20?,22-,24-,26+,27-,28+/m0/s1. The molecule has 0 amide bonds. The fraction of sp³-hybridized carbons (Fsp3) is 0.714. The first-order valence-corrected chi connectivity index (χ1v) is 12.7. The maximum absolute atomic E-state index is 14.1. The van der Waals surface area contributed by atoms with Gasteiger partial charge in [0.25, 0.3) is 0 Å². The van der Waals surface area contributed by atoms with Gasteiger partial charge in [0.05, 0.1) is 30.1 Å². The Kier molecular flexibility index (Phi) is 6.82. The fourth-order valence-corrected chi connectivity index (χ4v) is 7.48. The van der Waals surface area contributed by atoms with E-state index in [1.807, 2.05) is 0 Å². The summed E-state index contributed by atoms with van der Waals surface area (Å²) in [6.45, 7) is 8.63. The predicted molar refractivity (Wildman–Crippen MR) is 130 cm³/mol. The number of hydrogen-bond donors (Lipinski definition) is 3. The monoisotopic (exact) mass is 530 g/mol. The third-order valence-electron chi connectivity index (χ3n) is 9.59. The zero-order valence-corrected chi connectivity index (χ0v) is 22.4. The average molecular weight is 531 g/mol. The Bertz CT molecular complexity index is 1200. The summed E-state index contributed by atoms with van der Waals surface area (Å²) >= 11 is 0.